The molecule has 1 aromatic rings. The number of hydrogen-bond donors (Lipinski definition) is 2. The molecule has 0 saturated carbocycles. The normalized spacial score (nSPS) is 11.6. The van der Waals surface area contributed by atoms with E-state index < -0.39 is 10.1 Å². The number of nitrogens with one attached hydrogen (secondary N) is 1. The Morgan fingerprint density at radius 3 is 2.71 bits per heavy atom. The van der Waals surface area contributed by atoms with Gasteiger partial charge in [-0.05, 0) is 31.9 Å². The first-order chi connectivity index (χ1) is 7.97. The lowest BCUT2D eigenvalue weighted by Crippen LogP contribution is -2.16. The summed E-state index contributed by atoms with van der Waals surface area (Å²) >= 11 is 0. The summed E-state index contributed by atoms with van der Waals surface area (Å²) in [6, 6.07) is 8.24. The Labute approximate surface area is 103 Å². The van der Waals surface area contributed by atoms with Crippen molar-refractivity contribution < 1.29 is 13.0 Å². The fraction of sp³-hybridized carbons (Fsp3) is 0.500. The molecule has 0 saturated heterocycles. The summed E-state index contributed by atoms with van der Waals surface area (Å²) in [5.41, 5.74) is 2.45. The molecule has 0 amide bonds. The predicted molar refractivity (Wildman–Crippen MR) is 68.5 cm³/mol. The van der Waals surface area contributed by atoms with Gasteiger partial charge in [0, 0.05) is 6.54 Å². The van der Waals surface area contributed by atoms with Crippen molar-refractivity contribution in [3.63, 3.8) is 0 Å². The van der Waals surface area contributed by atoms with Crippen molar-refractivity contribution in [1.29, 1.82) is 0 Å². The van der Waals surface area contributed by atoms with Crippen molar-refractivity contribution in [2.45, 2.75) is 26.3 Å². The molecule has 96 valence electrons. The molecule has 2 N–H and O–H groups in total. The lowest BCUT2D eigenvalue weighted by Gasteiger charge is -2.05. The zero-order chi connectivity index (χ0) is 12.7. The predicted octanol–water partition coefficient (Wildman–Crippen LogP) is 1.75. The Morgan fingerprint density at radius 1 is 1.29 bits per heavy atom. The van der Waals surface area contributed by atoms with Crippen LogP contribution in [0.5, 0.6) is 0 Å². The summed E-state index contributed by atoms with van der Waals surface area (Å²) in [7, 11) is -3.80. The van der Waals surface area contributed by atoms with E-state index in [1.165, 1.54) is 11.1 Å². The first kappa shape index (κ1) is 14.2. The number of benzene rings is 1. The van der Waals surface area contributed by atoms with E-state index in [9.17, 15) is 8.42 Å². The van der Waals surface area contributed by atoms with Gasteiger partial charge in [0.2, 0.25) is 0 Å². The fourth-order valence-corrected chi connectivity index (χ4v) is 2.16. The molecule has 0 aliphatic rings. The van der Waals surface area contributed by atoms with Crippen LogP contribution in [0.15, 0.2) is 24.3 Å². The Morgan fingerprint density at radius 2 is 2.06 bits per heavy atom. The second-order valence-electron chi connectivity index (χ2n) is 4.16. The molecule has 0 bridgehead atoms. The molecule has 0 aliphatic carbocycles. The van der Waals surface area contributed by atoms with E-state index in [0.29, 0.717) is 6.42 Å². The molecule has 4 nitrogen and oxygen atoms in total. The topological polar surface area (TPSA) is 66.4 Å². The lowest BCUT2D eigenvalue weighted by atomic mass is 10.1. The highest BCUT2D eigenvalue weighted by molar-refractivity contribution is 7.85. The van der Waals surface area contributed by atoms with Crippen LogP contribution in [0.2, 0.25) is 0 Å². The third kappa shape index (κ3) is 7.10. The van der Waals surface area contributed by atoms with Crippen LogP contribution in [-0.2, 0) is 16.7 Å². The van der Waals surface area contributed by atoms with Crippen molar-refractivity contribution in [3.05, 3.63) is 35.4 Å². The Bertz CT molecular complexity index is 443. The smallest absolute Gasteiger partial charge is 0.264 e. The number of unbranched alkanes of at least 4 members (excludes halogenated alkanes) is 1. The third-order valence-corrected chi connectivity index (χ3v) is 3.22. The zero-order valence-electron chi connectivity index (χ0n) is 10.0. The molecule has 0 aliphatic heterocycles. The Balaban J connectivity index is 2.13. The SMILES string of the molecule is Cc1cccc(CNCCCCS(=O)(=O)O)c1. The van der Waals surface area contributed by atoms with Gasteiger partial charge >= 0.3 is 0 Å². The molecule has 0 spiro atoms. The standard InChI is InChI=1S/C12H19NO3S/c1-11-5-4-6-12(9-11)10-13-7-2-3-8-17(14,15)16/h4-6,9,13H,2-3,7-8,10H2,1H3,(H,14,15,16). The van der Waals surface area contributed by atoms with E-state index in [1.54, 1.807) is 0 Å². The van der Waals surface area contributed by atoms with Gasteiger partial charge in [-0.25, -0.2) is 0 Å². The Kier molecular flexibility index (Phi) is 5.61. The van der Waals surface area contributed by atoms with Crippen molar-refractivity contribution in [3.8, 4) is 0 Å². The molecule has 0 unspecified atom stereocenters. The van der Waals surface area contributed by atoms with Gasteiger partial charge < -0.3 is 5.32 Å². The van der Waals surface area contributed by atoms with Crippen LogP contribution in [0.25, 0.3) is 0 Å². The van der Waals surface area contributed by atoms with Crippen LogP contribution in [0.4, 0.5) is 0 Å². The quantitative estimate of drug-likeness (QED) is 0.577. The number of rotatable bonds is 7. The molecule has 1 aromatic carbocycles. The highest BCUT2D eigenvalue weighted by atomic mass is 32.2. The minimum absolute atomic E-state index is 0.154. The van der Waals surface area contributed by atoms with Gasteiger partial charge in [0.05, 0.1) is 5.75 Å². The molecule has 5 heteroatoms. The third-order valence-electron chi connectivity index (χ3n) is 2.42. The van der Waals surface area contributed by atoms with E-state index >= 15 is 0 Å². The van der Waals surface area contributed by atoms with Crippen molar-refractivity contribution in [2.24, 2.45) is 0 Å². The average molecular weight is 257 g/mol. The highest BCUT2D eigenvalue weighted by Gasteiger charge is 2.02. The van der Waals surface area contributed by atoms with Gasteiger partial charge in [0.1, 0.15) is 0 Å². The van der Waals surface area contributed by atoms with E-state index in [1.807, 2.05) is 6.07 Å². The second-order valence-corrected chi connectivity index (χ2v) is 5.73. The van der Waals surface area contributed by atoms with E-state index in [-0.39, 0.29) is 5.75 Å². The Hall–Kier alpha value is -0.910. The molecule has 1 rings (SSSR count). The summed E-state index contributed by atoms with van der Waals surface area (Å²) in [5.74, 6) is -0.154. The van der Waals surface area contributed by atoms with E-state index in [0.717, 1.165) is 19.5 Å². The van der Waals surface area contributed by atoms with Gasteiger partial charge in [-0.1, -0.05) is 29.8 Å². The molecule has 0 atom stereocenters. The van der Waals surface area contributed by atoms with Crippen LogP contribution in [-0.4, -0.2) is 25.3 Å². The molecule has 17 heavy (non-hydrogen) atoms. The lowest BCUT2D eigenvalue weighted by molar-refractivity contribution is 0.479. The number of aryl methyl sites for hydroxylation is 1. The molecule has 0 radical (unpaired) electrons. The van der Waals surface area contributed by atoms with Crippen molar-refractivity contribution in [2.75, 3.05) is 12.3 Å². The molecule has 0 heterocycles. The summed E-state index contributed by atoms with van der Waals surface area (Å²) in [6.07, 6.45) is 1.23. The maximum atomic E-state index is 10.5. The first-order valence-corrected chi connectivity index (χ1v) is 7.30. The van der Waals surface area contributed by atoms with Crippen LogP contribution < -0.4 is 5.32 Å². The van der Waals surface area contributed by atoms with Gasteiger partial charge in [0.15, 0.2) is 0 Å². The molecular weight excluding hydrogens is 238 g/mol. The molecule has 0 aromatic heterocycles. The zero-order valence-corrected chi connectivity index (χ0v) is 10.8. The van der Waals surface area contributed by atoms with E-state index in [2.05, 4.69) is 30.4 Å². The maximum absolute atomic E-state index is 10.5. The molecular formula is C12H19NO3S. The summed E-state index contributed by atoms with van der Waals surface area (Å²) < 4.78 is 29.5. The van der Waals surface area contributed by atoms with Crippen LogP contribution in [0, 0.1) is 6.92 Å². The van der Waals surface area contributed by atoms with E-state index in [4.69, 9.17) is 4.55 Å². The van der Waals surface area contributed by atoms with Gasteiger partial charge in [-0.2, -0.15) is 8.42 Å². The largest absolute Gasteiger partial charge is 0.313 e. The van der Waals surface area contributed by atoms with Gasteiger partial charge in [0.25, 0.3) is 10.1 Å². The van der Waals surface area contributed by atoms with Crippen LogP contribution in [0.1, 0.15) is 24.0 Å². The minimum Gasteiger partial charge on any atom is -0.313 e. The number of hydrogen-bond acceptors (Lipinski definition) is 3. The fourth-order valence-electron chi connectivity index (χ4n) is 1.59. The first-order valence-electron chi connectivity index (χ1n) is 5.69. The summed E-state index contributed by atoms with van der Waals surface area (Å²) in [4.78, 5) is 0. The minimum atomic E-state index is -3.80. The summed E-state index contributed by atoms with van der Waals surface area (Å²) in [6.45, 7) is 3.59. The van der Waals surface area contributed by atoms with Crippen LogP contribution >= 0.6 is 0 Å². The van der Waals surface area contributed by atoms with Crippen molar-refractivity contribution in [1.82, 2.24) is 5.32 Å². The molecule has 0 fully saturated rings. The van der Waals surface area contributed by atoms with Crippen molar-refractivity contribution >= 4 is 10.1 Å². The monoisotopic (exact) mass is 257 g/mol. The highest BCUT2D eigenvalue weighted by Crippen LogP contribution is 2.03. The summed E-state index contributed by atoms with van der Waals surface area (Å²) in [5, 5.41) is 3.24. The van der Waals surface area contributed by atoms with Gasteiger partial charge in [-0.3, -0.25) is 4.55 Å². The average Bonchev–Trinajstić information content (AvgIpc) is 2.22. The van der Waals surface area contributed by atoms with Crippen LogP contribution in [0.3, 0.4) is 0 Å². The van der Waals surface area contributed by atoms with Gasteiger partial charge in [-0.15, -0.1) is 0 Å². The maximum Gasteiger partial charge on any atom is 0.264 e. The second kappa shape index (κ2) is 6.74.